The molecule has 8 nitrogen and oxygen atoms in total. The van der Waals surface area contributed by atoms with Crippen molar-refractivity contribution in [3.8, 4) is 0 Å². The molecule has 0 radical (unpaired) electrons. The Kier molecular flexibility index (Phi) is 7.08. The number of carbonyl (C=O) groups is 3. The highest BCUT2D eigenvalue weighted by Gasteiger charge is 2.34. The Labute approximate surface area is 184 Å². The summed E-state index contributed by atoms with van der Waals surface area (Å²) in [7, 11) is 0. The van der Waals surface area contributed by atoms with Crippen molar-refractivity contribution in [3.05, 3.63) is 35.4 Å². The molecule has 0 aromatic heterocycles. The highest BCUT2D eigenvalue weighted by Crippen LogP contribution is 2.19. The summed E-state index contributed by atoms with van der Waals surface area (Å²) < 4.78 is 5.31. The van der Waals surface area contributed by atoms with E-state index >= 15 is 0 Å². The molecule has 1 aromatic carbocycles. The molecule has 3 rings (SSSR count). The molecule has 2 heterocycles. The van der Waals surface area contributed by atoms with Crippen molar-refractivity contribution >= 4 is 18.0 Å². The van der Waals surface area contributed by atoms with Crippen LogP contribution in [-0.4, -0.2) is 65.7 Å². The maximum absolute atomic E-state index is 12.6. The second-order valence-electron chi connectivity index (χ2n) is 9.45. The fourth-order valence-corrected chi connectivity index (χ4v) is 4.03. The van der Waals surface area contributed by atoms with Gasteiger partial charge in [-0.25, -0.2) is 9.59 Å². The number of alkyl carbamates (subject to hydrolysis) is 1. The van der Waals surface area contributed by atoms with Crippen molar-refractivity contribution in [1.82, 2.24) is 20.4 Å². The first-order chi connectivity index (χ1) is 14.6. The second-order valence-corrected chi connectivity index (χ2v) is 9.45. The van der Waals surface area contributed by atoms with Crippen LogP contribution in [0.25, 0.3) is 0 Å². The summed E-state index contributed by atoms with van der Waals surface area (Å²) in [4.78, 5) is 40.6. The van der Waals surface area contributed by atoms with E-state index in [1.807, 2.05) is 39.8 Å². The minimum Gasteiger partial charge on any atom is -0.444 e. The van der Waals surface area contributed by atoms with Gasteiger partial charge in [-0.05, 0) is 44.2 Å². The molecule has 1 saturated heterocycles. The lowest BCUT2D eigenvalue weighted by Gasteiger charge is -2.29. The standard InChI is InChI=1S/C23H34N4O4/c1-16-13-27(15-19(16)25-22(30)31-23(2,3)4)20(28)9-11-24-21(29)26-12-10-17-7-5-6-8-18(17)14-26/h5-8,16,19H,9-15H2,1-4H3,(H,24,29)(H,25,30). The van der Waals surface area contributed by atoms with Gasteiger partial charge in [0, 0.05) is 39.1 Å². The average Bonchev–Trinajstić information content (AvgIpc) is 3.06. The van der Waals surface area contributed by atoms with Crippen LogP contribution in [0.2, 0.25) is 0 Å². The van der Waals surface area contributed by atoms with Gasteiger partial charge >= 0.3 is 12.1 Å². The van der Waals surface area contributed by atoms with E-state index in [0.717, 1.165) is 6.42 Å². The minimum atomic E-state index is -0.559. The zero-order valence-electron chi connectivity index (χ0n) is 18.9. The van der Waals surface area contributed by atoms with E-state index in [4.69, 9.17) is 4.74 Å². The van der Waals surface area contributed by atoms with Gasteiger partial charge in [-0.1, -0.05) is 31.2 Å². The van der Waals surface area contributed by atoms with E-state index in [-0.39, 0.29) is 30.3 Å². The summed E-state index contributed by atoms with van der Waals surface area (Å²) in [5.74, 6) is 0.115. The Morgan fingerprint density at radius 2 is 1.81 bits per heavy atom. The molecular formula is C23H34N4O4. The molecule has 170 valence electrons. The lowest BCUT2D eigenvalue weighted by molar-refractivity contribution is -0.130. The van der Waals surface area contributed by atoms with Gasteiger partial charge in [0.1, 0.15) is 5.60 Å². The molecule has 8 heteroatoms. The second kappa shape index (κ2) is 9.58. The summed E-state index contributed by atoms with van der Waals surface area (Å²) in [6.07, 6.45) is 0.622. The highest BCUT2D eigenvalue weighted by atomic mass is 16.6. The molecule has 0 spiro atoms. The molecule has 1 fully saturated rings. The van der Waals surface area contributed by atoms with Gasteiger partial charge in [-0.2, -0.15) is 0 Å². The number of fused-ring (bicyclic) bond motifs is 1. The predicted octanol–water partition coefficient (Wildman–Crippen LogP) is 2.52. The van der Waals surface area contributed by atoms with Crippen LogP contribution < -0.4 is 10.6 Å². The Morgan fingerprint density at radius 3 is 2.52 bits per heavy atom. The van der Waals surface area contributed by atoms with E-state index in [1.165, 1.54) is 11.1 Å². The minimum absolute atomic E-state index is 0.0235. The SMILES string of the molecule is CC1CN(C(=O)CCNC(=O)N2CCc3ccccc3C2)CC1NC(=O)OC(C)(C)C. The van der Waals surface area contributed by atoms with E-state index in [2.05, 4.69) is 22.8 Å². The Morgan fingerprint density at radius 1 is 1.10 bits per heavy atom. The highest BCUT2D eigenvalue weighted by molar-refractivity contribution is 5.79. The first kappa shape index (κ1) is 22.9. The summed E-state index contributed by atoms with van der Waals surface area (Å²) >= 11 is 0. The van der Waals surface area contributed by atoms with E-state index < -0.39 is 11.7 Å². The molecule has 4 amide bonds. The van der Waals surface area contributed by atoms with Gasteiger partial charge in [0.15, 0.2) is 0 Å². The van der Waals surface area contributed by atoms with Crippen molar-refractivity contribution < 1.29 is 19.1 Å². The third-order valence-corrected chi connectivity index (χ3v) is 5.70. The first-order valence-electron chi connectivity index (χ1n) is 11.0. The number of nitrogens with one attached hydrogen (secondary N) is 2. The maximum atomic E-state index is 12.6. The maximum Gasteiger partial charge on any atom is 0.407 e. The van der Waals surface area contributed by atoms with Crippen LogP contribution in [0, 0.1) is 5.92 Å². The number of hydrogen-bond donors (Lipinski definition) is 2. The van der Waals surface area contributed by atoms with Crippen LogP contribution >= 0.6 is 0 Å². The number of nitrogens with zero attached hydrogens (tertiary/aromatic N) is 2. The zero-order valence-corrected chi connectivity index (χ0v) is 18.9. The fraction of sp³-hybridized carbons (Fsp3) is 0.609. The third kappa shape index (κ3) is 6.35. The quantitative estimate of drug-likeness (QED) is 0.768. The van der Waals surface area contributed by atoms with Gasteiger partial charge in [-0.15, -0.1) is 0 Å². The number of likely N-dealkylation sites (tertiary alicyclic amines) is 1. The molecule has 0 bridgehead atoms. The normalized spacial score (nSPS) is 20.8. The summed E-state index contributed by atoms with van der Waals surface area (Å²) in [5, 5.41) is 5.73. The van der Waals surface area contributed by atoms with Gasteiger partial charge in [0.2, 0.25) is 5.91 Å². The van der Waals surface area contributed by atoms with Gasteiger partial charge < -0.3 is 25.2 Å². The zero-order chi connectivity index (χ0) is 22.6. The molecule has 31 heavy (non-hydrogen) atoms. The summed E-state index contributed by atoms with van der Waals surface area (Å²) in [5.41, 5.74) is 1.91. The monoisotopic (exact) mass is 430 g/mol. The van der Waals surface area contributed by atoms with Crippen LogP contribution in [0.15, 0.2) is 24.3 Å². The van der Waals surface area contributed by atoms with Crippen LogP contribution in [-0.2, 0) is 22.5 Å². The Hall–Kier alpha value is -2.77. The smallest absolute Gasteiger partial charge is 0.407 e. The van der Waals surface area contributed by atoms with Gasteiger partial charge in [0.05, 0.1) is 6.04 Å². The molecule has 2 N–H and O–H groups in total. The number of hydrogen-bond acceptors (Lipinski definition) is 4. The fourth-order valence-electron chi connectivity index (χ4n) is 4.03. The van der Waals surface area contributed by atoms with Crippen molar-refractivity contribution in [2.24, 2.45) is 5.92 Å². The molecule has 2 aliphatic rings. The van der Waals surface area contributed by atoms with E-state index in [9.17, 15) is 14.4 Å². The van der Waals surface area contributed by atoms with Gasteiger partial charge in [0.25, 0.3) is 0 Å². The summed E-state index contributed by atoms with van der Waals surface area (Å²) in [6.45, 7) is 10.1. The molecule has 2 atom stereocenters. The Bertz CT molecular complexity index is 820. The number of rotatable bonds is 4. The van der Waals surface area contributed by atoms with Crippen molar-refractivity contribution in [2.75, 3.05) is 26.2 Å². The summed E-state index contributed by atoms with van der Waals surface area (Å²) in [6, 6.07) is 7.89. The topological polar surface area (TPSA) is 91.0 Å². The van der Waals surface area contributed by atoms with E-state index in [1.54, 1.807) is 9.80 Å². The van der Waals surface area contributed by atoms with Crippen molar-refractivity contribution in [1.29, 1.82) is 0 Å². The number of carbonyl (C=O) groups excluding carboxylic acids is 3. The van der Waals surface area contributed by atoms with Gasteiger partial charge in [-0.3, -0.25) is 4.79 Å². The number of amides is 4. The number of benzene rings is 1. The lowest BCUT2D eigenvalue weighted by atomic mass is 10.0. The molecule has 0 aliphatic carbocycles. The number of ether oxygens (including phenoxy) is 1. The Balaban J connectivity index is 1.40. The molecule has 2 unspecified atom stereocenters. The van der Waals surface area contributed by atoms with E-state index in [0.29, 0.717) is 32.7 Å². The lowest BCUT2D eigenvalue weighted by Crippen LogP contribution is -2.44. The van der Waals surface area contributed by atoms with Crippen LogP contribution in [0.4, 0.5) is 9.59 Å². The van der Waals surface area contributed by atoms with Crippen molar-refractivity contribution in [3.63, 3.8) is 0 Å². The predicted molar refractivity (Wildman–Crippen MR) is 117 cm³/mol. The largest absolute Gasteiger partial charge is 0.444 e. The molecule has 1 aromatic rings. The first-order valence-corrected chi connectivity index (χ1v) is 11.0. The molecule has 2 aliphatic heterocycles. The van der Waals surface area contributed by atoms with Crippen LogP contribution in [0.5, 0.6) is 0 Å². The number of urea groups is 1. The third-order valence-electron chi connectivity index (χ3n) is 5.70. The van der Waals surface area contributed by atoms with Crippen molar-refractivity contribution in [2.45, 2.75) is 58.7 Å². The molecule has 0 saturated carbocycles. The van der Waals surface area contributed by atoms with Crippen LogP contribution in [0.1, 0.15) is 45.2 Å². The molecular weight excluding hydrogens is 396 g/mol. The average molecular weight is 431 g/mol. The van der Waals surface area contributed by atoms with Crippen LogP contribution in [0.3, 0.4) is 0 Å².